The lowest BCUT2D eigenvalue weighted by molar-refractivity contribution is -0.120. The topological polar surface area (TPSA) is 49.4 Å². The lowest BCUT2D eigenvalue weighted by Gasteiger charge is -2.10. The van der Waals surface area contributed by atoms with Crippen LogP contribution in [-0.4, -0.2) is 18.9 Å². The molecule has 2 aromatic carbocycles. The predicted molar refractivity (Wildman–Crippen MR) is 85.5 cm³/mol. The monoisotopic (exact) mass is 312 g/mol. The Balaban J connectivity index is 1.59. The third kappa shape index (κ3) is 3.39. The SMILES string of the molecule is CN1C(=O)Cc2cc(CC(=O)NCc3ccc(F)cc3)ccc21. The number of likely N-dealkylation sites (N-methyl/N-ethyl adjacent to an activating group) is 1. The van der Waals surface area contributed by atoms with Crippen molar-refractivity contribution in [3.63, 3.8) is 0 Å². The number of nitrogens with one attached hydrogen (secondary N) is 1. The Labute approximate surface area is 133 Å². The van der Waals surface area contributed by atoms with Crippen molar-refractivity contribution in [2.24, 2.45) is 0 Å². The van der Waals surface area contributed by atoms with Gasteiger partial charge in [-0.1, -0.05) is 24.3 Å². The van der Waals surface area contributed by atoms with Crippen molar-refractivity contribution in [1.29, 1.82) is 0 Å². The summed E-state index contributed by atoms with van der Waals surface area (Å²) in [5.41, 5.74) is 3.59. The molecular formula is C18H17FN2O2. The predicted octanol–water partition coefficient (Wildman–Crippen LogP) is 2.20. The van der Waals surface area contributed by atoms with Gasteiger partial charge in [0.05, 0.1) is 12.8 Å². The zero-order chi connectivity index (χ0) is 16.4. The maximum Gasteiger partial charge on any atom is 0.231 e. The molecule has 0 bridgehead atoms. The number of carbonyl (C=O) groups is 2. The fourth-order valence-corrected chi connectivity index (χ4v) is 2.68. The summed E-state index contributed by atoms with van der Waals surface area (Å²) in [4.78, 5) is 25.3. The van der Waals surface area contributed by atoms with E-state index in [0.717, 1.165) is 22.4 Å². The summed E-state index contributed by atoms with van der Waals surface area (Å²) in [6.45, 7) is 0.366. The summed E-state index contributed by atoms with van der Waals surface area (Å²) in [5, 5.41) is 2.81. The van der Waals surface area contributed by atoms with Crippen LogP contribution in [0.5, 0.6) is 0 Å². The number of anilines is 1. The van der Waals surface area contributed by atoms with Gasteiger partial charge in [-0.3, -0.25) is 9.59 Å². The van der Waals surface area contributed by atoms with Crippen molar-refractivity contribution in [2.45, 2.75) is 19.4 Å². The maximum atomic E-state index is 12.8. The largest absolute Gasteiger partial charge is 0.352 e. The fraction of sp³-hybridized carbons (Fsp3) is 0.222. The van der Waals surface area contributed by atoms with E-state index in [9.17, 15) is 14.0 Å². The molecule has 0 unspecified atom stereocenters. The highest BCUT2D eigenvalue weighted by atomic mass is 19.1. The highest BCUT2D eigenvalue weighted by Gasteiger charge is 2.23. The molecule has 118 valence electrons. The molecule has 1 heterocycles. The van der Waals surface area contributed by atoms with Gasteiger partial charge in [0.15, 0.2) is 0 Å². The Morgan fingerprint density at radius 2 is 1.87 bits per heavy atom. The molecule has 1 aliphatic heterocycles. The Kier molecular flexibility index (Phi) is 4.10. The summed E-state index contributed by atoms with van der Waals surface area (Å²) >= 11 is 0. The van der Waals surface area contributed by atoms with Crippen LogP contribution in [0, 0.1) is 5.82 Å². The van der Waals surface area contributed by atoms with Crippen LogP contribution >= 0.6 is 0 Å². The average Bonchev–Trinajstić information content (AvgIpc) is 2.81. The lowest BCUT2D eigenvalue weighted by Crippen LogP contribution is -2.24. The van der Waals surface area contributed by atoms with Crippen molar-refractivity contribution < 1.29 is 14.0 Å². The molecule has 0 radical (unpaired) electrons. The Morgan fingerprint density at radius 1 is 1.17 bits per heavy atom. The van der Waals surface area contributed by atoms with E-state index in [1.165, 1.54) is 12.1 Å². The smallest absolute Gasteiger partial charge is 0.231 e. The molecule has 1 N–H and O–H groups in total. The first-order valence-corrected chi connectivity index (χ1v) is 7.42. The van der Waals surface area contributed by atoms with E-state index in [2.05, 4.69) is 5.32 Å². The van der Waals surface area contributed by atoms with Crippen LogP contribution in [0.3, 0.4) is 0 Å². The number of hydrogen-bond acceptors (Lipinski definition) is 2. The van der Waals surface area contributed by atoms with E-state index in [4.69, 9.17) is 0 Å². The average molecular weight is 312 g/mol. The minimum Gasteiger partial charge on any atom is -0.352 e. The minimum atomic E-state index is -0.294. The van der Waals surface area contributed by atoms with Gasteiger partial charge in [0.2, 0.25) is 11.8 Å². The van der Waals surface area contributed by atoms with E-state index in [1.54, 1.807) is 24.1 Å². The second kappa shape index (κ2) is 6.20. The van der Waals surface area contributed by atoms with Crippen LogP contribution in [0.25, 0.3) is 0 Å². The summed E-state index contributed by atoms with van der Waals surface area (Å²) in [7, 11) is 1.75. The van der Waals surface area contributed by atoms with Gasteiger partial charge in [0.25, 0.3) is 0 Å². The molecule has 0 fully saturated rings. The highest BCUT2D eigenvalue weighted by Crippen LogP contribution is 2.28. The first-order chi connectivity index (χ1) is 11.0. The van der Waals surface area contributed by atoms with Crippen LogP contribution in [0.2, 0.25) is 0 Å². The van der Waals surface area contributed by atoms with E-state index in [-0.39, 0.29) is 24.1 Å². The molecule has 0 saturated heterocycles. The van der Waals surface area contributed by atoms with Crippen LogP contribution in [0.1, 0.15) is 16.7 Å². The number of nitrogens with zero attached hydrogens (tertiary/aromatic N) is 1. The van der Waals surface area contributed by atoms with Crippen molar-refractivity contribution in [3.8, 4) is 0 Å². The van der Waals surface area contributed by atoms with Crippen molar-refractivity contribution in [1.82, 2.24) is 5.32 Å². The molecule has 2 aromatic rings. The third-order valence-corrected chi connectivity index (χ3v) is 3.99. The number of rotatable bonds is 4. The van der Waals surface area contributed by atoms with Crippen molar-refractivity contribution in [3.05, 3.63) is 65.0 Å². The Bertz CT molecular complexity index is 756. The number of amides is 2. The van der Waals surface area contributed by atoms with Gasteiger partial charge in [-0.2, -0.15) is 0 Å². The quantitative estimate of drug-likeness (QED) is 0.941. The highest BCUT2D eigenvalue weighted by molar-refractivity contribution is 6.01. The molecule has 0 saturated carbocycles. The molecule has 0 aromatic heterocycles. The second-order valence-electron chi connectivity index (χ2n) is 5.67. The number of fused-ring (bicyclic) bond motifs is 1. The van der Waals surface area contributed by atoms with E-state index in [0.29, 0.717) is 13.0 Å². The second-order valence-corrected chi connectivity index (χ2v) is 5.67. The number of carbonyl (C=O) groups excluding carboxylic acids is 2. The number of hydrogen-bond donors (Lipinski definition) is 1. The molecule has 2 amide bonds. The van der Waals surface area contributed by atoms with E-state index < -0.39 is 0 Å². The summed E-state index contributed by atoms with van der Waals surface area (Å²) in [6, 6.07) is 11.7. The van der Waals surface area contributed by atoms with Gasteiger partial charge in [-0.25, -0.2) is 4.39 Å². The summed E-state index contributed by atoms with van der Waals surface area (Å²) in [6.07, 6.45) is 0.642. The van der Waals surface area contributed by atoms with E-state index in [1.807, 2.05) is 18.2 Å². The summed E-state index contributed by atoms with van der Waals surface area (Å²) < 4.78 is 12.8. The molecule has 0 aliphatic carbocycles. The first kappa shape index (κ1) is 15.2. The Hall–Kier alpha value is -2.69. The van der Waals surface area contributed by atoms with Gasteiger partial charge in [0.1, 0.15) is 5.82 Å². The molecule has 4 nitrogen and oxygen atoms in total. The first-order valence-electron chi connectivity index (χ1n) is 7.42. The van der Waals surface area contributed by atoms with Crippen LogP contribution < -0.4 is 10.2 Å². The number of benzene rings is 2. The standard InChI is InChI=1S/C18H17FN2O2/c1-21-16-7-4-13(8-14(16)10-18(21)23)9-17(22)20-11-12-2-5-15(19)6-3-12/h2-8H,9-11H2,1H3,(H,20,22). The molecular weight excluding hydrogens is 295 g/mol. The molecule has 1 aliphatic rings. The van der Waals surface area contributed by atoms with Crippen LogP contribution in [-0.2, 0) is 29.0 Å². The zero-order valence-corrected chi connectivity index (χ0v) is 12.8. The Morgan fingerprint density at radius 3 is 2.61 bits per heavy atom. The minimum absolute atomic E-state index is 0.0675. The molecule has 23 heavy (non-hydrogen) atoms. The van der Waals surface area contributed by atoms with Gasteiger partial charge in [0, 0.05) is 19.3 Å². The van der Waals surface area contributed by atoms with Gasteiger partial charge in [-0.15, -0.1) is 0 Å². The van der Waals surface area contributed by atoms with E-state index >= 15 is 0 Å². The molecule has 5 heteroatoms. The lowest BCUT2D eigenvalue weighted by atomic mass is 10.1. The molecule has 0 atom stereocenters. The fourth-order valence-electron chi connectivity index (χ4n) is 2.68. The number of halogens is 1. The van der Waals surface area contributed by atoms with Gasteiger partial charge >= 0.3 is 0 Å². The maximum absolute atomic E-state index is 12.8. The van der Waals surface area contributed by atoms with Crippen molar-refractivity contribution in [2.75, 3.05) is 11.9 Å². The zero-order valence-electron chi connectivity index (χ0n) is 12.8. The van der Waals surface area contributed by atoms with Gasteiger partial charge < -0.3 is 10.2 Å². The molecule has 3 rings (SSSR count). The van der Waals surface area contributed by atoms with Crippen molar-refractivity contribution >= 4 is 17.5 Å². The van der Waals surface area contributed by atoms with Crippen LogP contribution in [0.4, 0.5) is 10.1 Å². The van der Waals surface area contributed by atoms with Gasteiger partial charge in [-0.05, 0) is 34.9 Å². The third-order valence-electron chi connectivity index (χ3n) is 3.99. The molecule has 0 spiro atoms. The van der Waals surface area contributed by atoms with Crippen LogP contribution in [0.15, 0.2) is 42.5 Å². The normalized spacial score (nSPS) is 13.1. The summed E-state index contributed by atoms with van der Waals surface area (Å²) in [5.74, 6) is -0.331.